The molecule has 0 bridgehead atoms. The average molecular weight is 214 g/mol. The molecular formula is C16H22. The lowest BCUT2D eigenvalue weighted by molar-refractivity contribution is 0.607. The van der Waals surface area contributed by atoms with Crippen LogP contribution in [0.2, 0.25) is 0 Å². The second kappa shape index (κ2) is 3.48. The van der Waals surface area contributed by atoms with Crippen LogP contribution in [0.1, 0.15) is 48.0 Å². The molecule has 0 aromatic rings. The minimum Gasteiger partial charge on any atom is -0.0772 e. The Bertz CT molecular complexity index is 466. The van der Waals surface area contributed by atoms with E-state index in [-0.39, 0.29) is 5.41 Å². The second-order valence-corrected chi connectivity index (χ2v) is 5.47. The Morgan fingerprint density at radius 3 is 1.94 bits per heavy atom. The lowest BCUT2D eigenvalue weighted by atomic mass is 9.75. The molecule has 16 heavy (non-hydrogen) atoms. The van der Waals surface area contributed by atoms with Gasteiger partial charge in [-0.25, -0.2) is 0 Å². The van der Waals surface area contributed by atoms with E-state index in [0.717, 1.165) is 6.42 Å². The van der Waals surface area contributed by atoms with Gasteiger partial charge in [-0.15, -0.1) is 0 Å². The SMILES string of the molecule is CC1=CC(C)(C2=C(C)C(C)=CC2)C(C)=C1C. The number of allylic oxidation sites excluding steroid dienone is 8. The van der Waals surface area contributed by atoms with Crippen LogP contribution < -0.4 is 0 Å². The molecule has 2 aliphatic rings. The van der Waals surface area contributed by atoms with Crippen molar-refractivity contribution in [2.45, 2.75) is 48.0 Å². The number of hydrogen-bond donors (Lipinski definition) is 0. The van der Waals surface area contributed by atoms with Gasteiger partial charge in [0.25, 0.3) is 0 Å². The van der Waals surface area contributed by atoms with Crippen LogP contribution >= 0.6 is 0 Å². The Labute approximate surface area is 99.4 Å². The maximum Gasteiger partial charge on any atom is 0.0289 e. The zero-order chi connectivity index (χ0) is 12.1. The first kappa shape index (κ1) is 11.4. The Hall–Kier alpha value is -1.04. The quantitative estimate of drug-likeness (QED) is 0.579. The predicted molar refractivity (Wildman–Crippen MR) is 71.3 cm³/mol. The van der Waals surface area contributed by atoms with E-state index in [1.807, 2.05) is 0 Å². The van der Waals surface area contributed by atoms with E-state index in [4.69, 9.17) is 0 Å². The molecule has 1 unspecified atom stereocenters. The van der Waals surface area contributed by atoms with E-state index in [9.17, 15) is 0 Å². The van der Waals surface area contributed by atoms with Gasteiger partial charge in [-0.2, -0.15) is 0 Å². The monoisotopic (exact) mass is 214 g/mol. The molecule has 0 amide bonds. The van der Waals surface area contributed by atoms with Crippen molar-refractivity contribution in [3.05, 3.63) is 45.6 Å². The molecule has 0 saturated carbocycles. The van der Waals surface area contributed by atoms with Gasteiger partial charge in [0.1, 0.15) is 0 Å². The molecule has 0 aliphatic heterocycles. The van der Waals surface area contributed by atoms with Crippen LogP contribution in [0.5, 0.6) is 0 Å². The third kappa shape index (κ3) is 1.36. The van der Waals surface area contributed by atoms with E-state index in [0.29, 0.717) is 0 Å². The molecule has 0 aromatic heterocycles. The van der Waals surface area contributed by atoms with Gasteiger partial charge in [0.15, 0.2) is 0 Å². The lowest BCUT2D eigenvalue weighted by Gasteiger charge is -2.28. The summed E-state index contributed by atoms with van der Waals surface area (Å²) in [5.74, 6) is 0. The average Bonchev–Trinajstić information content (AvgIpc) is 2.65. The van der Waals surface area contributed by atoms with Crippen molar-refractivity contribution in [1.82, 2.24) is 0 Å². The van der Waals surface area contributed by atoms with Crippen LogP contribution in [0.15, 0.2) is 45.6 Å². The summed E-state index contributed by atoms with van der Waals surface area (Å²) in [4.78, 5) is 0. The zero-order valence-corrected chi connectivity index (χ0v) is 11.4. The van der Waals surface area contributed by atoms with Gasteiger partial charge in [-0.1, -0.05) is 28.9 Å². The normalized spacial score (nSPS) is 30.1. The van der Waals surface area contributed by atoms with Gasteiger partial charge in [0.05, 0.1) is 0 Å². The lowest BCUT2D eigenvalue weighted by Crippen LogP contribution is -2.16. The zero-order valence-electron chi connectivity index (χ0n) is 11.4. The Morgan fingerprint density at radius 2 is 1.56 bits per heavy atom. The van der Waals surface area contributed by atoms with E-state index >= 15 is 0 Å². The molecule has 0 nitrogen and oxygen atoms in total. The molecule has 0 fully saturated rings. The van der Waals surface area contributed by atoms with Crippen LogP contribution in [0.4, 0.5) is 0 Å². The van der Waals surface area contributed by atoms with Crippen molar-refractivity contribution < 1.29 is 0 Å². The predicted octanol–water partition coefficient (Wildman–Crippen LogP) is 4.96. The van der Waals surface area contributed by atoms with Crippen LogP contribution in [0.25, 0.3) is 0 Å². The fourth-order valence-corrected chi connectivity index (χ4v) is 3.05. The third-order valence-electron chi connectivity index (χ3n) is 4.72. The summed E-state index contributed by atoms with van der Waals surface area (Å²) < 4.78 is 0. The van der Waals surface area contributed by atoms with Crippen molar-refractivity contribution in [3.63, 3.8) is 0 Å². The fraction of sp³-hybridized carbons (Fsp3) is 0.500. The molecule has 0 saturated heterocycles. The molecule has 2 rings (SSSR count). The van der Waals surface area contributed by atoms with E-state index in [2.05, 4.69) is 53.7 Å². The highest BCUT2D eigenvalue weighted by molar-refractivity contribution is 5.55. The Morgan fingerprint density at radius 1 is 0.938 bits per heavy atom. The summed E-state index contributed by atoms with van der Waals surface area (Å²) in [7, 11) is 0. The molecular weight excluding hydrogens is 192 g/mol. The first-order chi connectivity index (χ1) is 7.38. The second-order valence-electron chi connectivity index (χ2n) is 5.47. The summed E-state index contributed by atoms with van der Waals surface area (Å²) in [5.41, 5.74) is 9.19. The molecule has 0 aromatic carbocycles. The summed E-state index contributed by atoms with van der Waals surface area (Å²) in [6.45, 7) is 13.6. The highest BCUT2D eigenvalue weighted by Crippen LogP contribution is 2.50. The maximum atomic E-state index is 2.45. The molecule has 0 N–H and O–H groups in total. The fourth-order valence-electron chi connectivity index (χ4n) is 3.05. The minimum absolute atomic E-state index is 0.173. The van der Waals surface area contributed by atoms with Crippen LogP contribution in [-0.4, -0.2) is 0 Å². The number of hydrogen-bond acceptors (Lipinski definition) is 0. The minimum atomic E-state index is 0.173. The van der Waals surface area contributed by atoms with Crippen molar-refractivity contribution in [3.8, 4) is 0 Å². The van der Waals surface area contributed by atoms with E-state index in [1.54, 1.807) is 5.57 Å². The standard InChI is InChI=1S/C16H22/c1-10-7-8-15(13(10)4)16(6)9-11(2)12(3)14(16)5/h7,9H,8H2,1-6H3. The van der Waals surface area contributed by atoms with Crippen LogP contribution in [0.3, 0.4) is 0 Å². The number of rotatable bonds is 1. The molecule has 2 aliphatic carbocycles. The summed E-state index contributed by atoms with van der Waals surface area (Å²) >= 11 is 0. The van der Waals surface area contributed by atoms with Crippen molar-refractivity contribution in [2.75, 3.05) is 0 Å². The maximum absolute atomic E-state index is 2.45. The van der Waals surface area contributed by atoms with Gasteiger partial charge in [-0.05, 0) is 64.7 Å². The van der Waals surface area contributed by atoms with Gasteiger partial charge < -0.3 is 0 Å². The van der Waals surface area contributed by atoms with Crippen molar-refractivity contribution >= 4 is 0 Å². The molecule has 0 radical (unpaired) electrons. The first-order valence-corrected chi connectivity index (χ1v) is 6.13. The molecule has 1 atom stereocenters. The highest BCUT2D eigenvalue weighted by Gasteiger charge is 2.36. The van der Waals surface area contributed by atoms with Gasteiger partial charge in [0, 0.05) is 5.41 Å². The van der Waals surface area contributed by atoms with E-state index in [1.165, 1.54) is 27.9 Å². The van der Waals surface area contributed by atoms with Gasteiger partial charge >= 0.3 is 0 Å². The third-order valence-corrected chi connectivity index (χ3v) is 4.72. The topological polar surface area (TPSA) is 0 Å². The molecule has 86 valence electrons. The van der Waals surface area contributed by atoms with Crippen LogP contribution in [-0.2, 0) is 0 Å². The van der Waals surface area contributed by atoms with Crippen molar-refractivity contribution in [2.24, 2.45) is 5.41 Å². The highest BCUT2D eigenvalue weighted by atomic mass is 14.4. The summed E-state index contributed by atoms with van der Waals surface area (Å²) in [5, 5.41) is 0. The smallest absolute Gasteiger partial charge is 0.0289 e. The van der Waals surface area contributed by atoms with Crippen molar-refractivity contribution in [1.29, 1.82) is 0 Å². The summed E-state index contributed by atoms with van der Waals surface area (Å²) in [6.07, 6.45) is 5.94. The Balaban J connectivity index is 2.53. The van der Waals surface area contributed by atoms with Gasteiger partial charge in [0.2, 0.25) is 0 Å². The summed E-state index contributed by atoms with van der Waals surface area (Å²) in [6, 6.07) is 0. The molecule has 0 spiro atoms. The van der Waals surface area contributed by atoms with Crippen LogP contribution in [0, 0.1) is 5.41 Å². The first-order valence-electron chi connectivity index (χ1n) is 6.13. The Kier molecular flexibility index (Phi) is 2.49. The van der Waals surface area contributed by atoms with E-state index < -0.39 is 0 Å². The molecule has 0 heterocycles. The largest absolute Gasteiger partial charge is 0.0772 e. The molecule has 0 heteroatoms. The van der Waals surface area contributed by atoms with Gasteiger partial charge in [-0.3, -0.25) is 0 Å².